The highest BCUT2D eigenvalue weighted by Crippen LogP contribution is 2.23. The molecule has 19 heavy (non-hydrogen) atoms. The molecule has 1 aromatic carbocycles. The van der Waals surface area contributed by atoms with E-state index in [9.17, 15) is 4.79 Å². The van der Waals surface area contributed by atoms with E-state index in [-0.39, 0.29) is 13.2 Å². The Hall–Kier alpha value is -2.08. The summed E-state index contributed by atoms with van der Waals surface area (Å²) in [5.74, 6) is 0.0466. The summed E-state index contributed by atoms with van der Waals surface area (Å²) in [6, 6.07) is 7.64. The third kappa shape index (κ3) is 2.85. The first-order valence-electron chi connectivity index (χ1n) is 6.21. The van der Waals surface area contributed by atoms with Crippen LogP contribution >= 0.6 is 0 Å². The Morgan fingerprint density at radius 1 is 1.42 bits per heavy atom. The molecule has 1 heterocycles. The number of benzene rings is 1. The first kappa shape index (κ1) is 15.0. The van der Waals surface area contributed by atoms with Gasteiger partial charge in [-0.15, -0.1) is 0 Å². The minimum Gasteiger partial charge on any atom is -0.347 e. The maximum Gasteiger partial charge on any atom is 0.161 e. The van der Waals surface area contributed by atoms with Gasteiger partial charge < -0.3 is 4.57 Å². The standard InChI is InChI=1S/C15H16N2O.CH4/c1-3-4-7-17-10-14(11(2)18)13-8-12(9-16)5-6-15(13)17;/h5-6,8,10H,3-4,7H2,1-2H3;1H4. The first-order chi connectivity index (χ1) is 8.67. The van der Waals surface area contributed by atoms with Crippen molar-refractivity contribution in [1.82, 2.24) is 4.57 Å². The van der Waals surface area contributed by atoms with Crippen LogP contribution in [0.4, 0.5) is 0 Å². The molecule has 0 radical (unpaired) electrons. The molecule has 1 aromatic heterocycles. The molecule has 2 aromatic rings. The van der Waals surface area contributed by atoms with Crippen LogP contribution in [0.2, 0.25) is 0 Å². The average molecular weight is 256 g/mol. The molecule has 100 valence electrons. The number of carbonyl (C=O) groups is 1. The van der Waals surface area contributed by atoms with Gasteiger partial charge in [-0.2, -0.15) is 5.26 Å². The lowest BCUT2D eigenvalue weighted by atomic mass is 10.1. The van der Waals surface area contributed by atoms with Crippen LogP contribution in [0.1, 0.15) is 50.0 Å². The minimum absolute atomic E-state index is 0. The second-order valence-corrected chi connectivity index (χ2v) is 4.49. The average Bonchev–Trinajstić information content (AvgIpc) is 2.74. The molecule has 0 atom stereocenters. The Morgan fingerprint density at radius 2 is 2.16 bits per heavy atom. The molecule has 0 saturated heterocycles. The van der Waals surface area contributed by atoms with Crippen LogP contribution in [0.3, 0.4) is 0 Å². The lowest BCUT2D eigenvalue weighted by molar-refractivity contribution is 0.101. The van der Waals surface area contributed by atoms with Crippen molar-refractivity contribution in [3.63, 3.8) is 0 Å². The molecule has 0 amide bonds. The molecule has 0 aliphatic carbocycles. The first-order valence-corrected chi connectivity index (χ1v) is 6.21. The van der Waals surface area contributed by atoms with Crippen molar-refractivity contribution in [2.45, 2.75) is 40.7 Å². The number of Topliss-reactive ketones (excluding diaryl/α,β-unsaturated/α-hetero) is 1. The molecule has 3 heteroatoms. The summed E-state index contributed by atoms with van der Waals surface area (Å²) in [6.07, 6.45) is 4.11. The second-order valence-electron chi connectivity index (χ2n) is 4.49. The SMILES string of the molecule is C.CCCCn1cc(C(C)=O)c2cc(C#N)ccc21. The molecule has 0 fully saturated rings. The van der Waals surface area contributed by atoms with Gasteiger partial charge in [-0.3, -0.25) is 4.79 Å². The van der Waals surface area contributed by atoms with E-state index in [0.29, 0.717) is 11.1 Å². The van der Waals surface area contributed by atoms with Crippen LogP contribution in [0.25, 0.3) is 10.9 Å². The van der Waals surface area contributed by atoms with E-state index in [2.05, 4.69) is 17.6 Å². The van der Waals surface area contributed by atoms with E-state index in [1.807, 2.05) is 12.3 Å². The summed E-state index contributed by atoms with van der Waals surface area (Å²) in [5.41, 5.74) is 2.34. The van der Waals surface area contributed by atoms with Gasteiger partial charge in [0.05, 0.1) is 11.6 Å². The number of fused-ring (bicyclic) bond motifs is 1. The topological polar surface area (TPSA) is 45.8 Å². The molecular formula is C16H20N2O. The van der Waals surface area contributed by atoms with Crippen LogP contribution in [0.5, 0.6) is 0 Å². The summed E-state index contributed by atoms with van der Waals surface area (Å²) < 4.78 is 2.11. The molecule has 0 aliphatic rings. The van der Waals surface area contributed by atoms with E-state index in [4.69, 9.17) is 5.26 Å². The number of hydrogen-bond donors (Lipinski definition) is 0. The maximum absolute atomic E-state index is 11.6. The van der Waals surface area contributed by atoms with Gasteiger partial charge in [-0.1, -0.05) is 20.8 Å². The quantitative estimate of drug-likeness (QED) is 0.771. The number of aryl methyl sites for hydroxylation is 1. The molecule has 0 unspecified atom stereocenters. The van der Waals surface area contributed by atoms with Crippen molar-refractivity contribution in [3.05, 3.63) is 35.5 Å². The zero-order valence-corrected chi connectivity index (χ0v) is 10.7. The number of ketones is 1. The van der Waals surface area contributed by atoms with Gasteiger partial charge >= 0.3 is 0 Å². The highest BCUT2D eigenvalue weighted by atomic mass is 16.1. The maximum atomic E-state index is 11.6. The van der Waals surface area contributed by atoms with Gasteiger partial charge in [0.15, 0.2) is 5.78 Å². The molecule has 0 saturated carbocycles. The van der Waals surface area contributed by atoms with Gasteiger partial charge in [0.2, 0.25) is 0 Å². The number of hydrogen-bond acceptors (Lipinski definition) is 2. The fraction of sp³-hybridized carbons (Fsp3) is 0.375. The number of rotatable bonds is 4. The van der Waals surface area contributed by atoms with Crippen LogP contribution in [-0.4, -0.2) is 10.4 Å². The van der Waals surface area contributed by atoms with Gasteiger partial charge in [0, 0.05) is 29.2 Å². The largest absolute Gasteiger partial charge is 0.347 e. The van der Waals surface area contributed by atoms with E-state index < -0.39 is 0 Å². The lowest BCUT2D eigenvalue weighted by Crippen LogP contribution is -1.95. The molecule has 0 spiro atoms. The van der Waals surface area contributed by atoms with Crippen molar-refractivity contribution in [3.8, 4) is 6.07 Å². The number of nitriles is 1. The molecule has 3 nitrogen and oxygen atoms in total. The highest BCUT2D eigenvalue weighted by Gasteiger charge is 2.12. The minimum atomic E-state index is 0. The normalized spacial score (nSPS) is 9.95. The fourth-order valence-electron chi connectivity index (χ4n) is 2.16. The van der Waals surface area contributed by atoms with Crippen molar-refractivity contribution >= 4 is 16.7 Å². The smallest absolute Gasteiger partial charge is 0.161 e. The second kappa shape index (κ2) is 6.19. The number of nitrogens with zero attached hydrogens (tertiary/aromatic N) is 2. The fourth-order valence-corrected chi connectivity index (χ4v) is 2.16. The highest BCUT2D eigenvalue weighted by molar-refractivity contribution is 6.07. The molecule has 0 N–H and O–H groups in total. The zero-order valence-electron chi connectivity index (χ0n) is 10.7. The van der Waals surface area contributed by atoms with Crippen LogP contribution in [0, 0.1) is 11.3 Å². The third-order valence-electron chi connectivity index (χ3n) is 3.14. The van der Waals surface area contributed by atoms with Crippen LogP contribution in [0.15, 0.2) is 24.4 Å². The van der Waals surface area contributed by atoms with Gasteiger partial charge in [-0.05, 0) is 31.5 Å². The molecule has 0 bridgehead atoms. The summed E-state index contributed by atoms with van der Waals surface area (Å²) in [6.45, 7) is 4.62. The monoisotopic (exact) mass is 256 g/mol. The van der Waals surface area contributed by atoms with Crippen LogP contribution < -0.4 is 0 Å². The Labute approximate surface area is 114 Å². The van der Waals surface area contributed by atoms with Crippen molar-refractivity contribution in [1.29, 1.82) is 5.26 Å². The van der Waals surface area contributed by atoms with E-state index in [1.165, 1.54) is 0 Å². The lowest BCUT2D eigenvalue weighted by Gasteiger charge is -2.03. The number of unbranched alkanes of at least 4 members (excludes halogenated alkanes) is 1. The van der Waals surface area contributed by atoms with Gasteiger partial charge in [0.1, 0.15) is 0 Å². The Bertz CT molecular complexity index is 632. The third-order valence-corrected chi connectivity index (χ3v) is 3.14. The Kier molecular flexibility index (Phi) is 4.88. The Morgan fingerprint density at radius 3 is 2.74 bits per heavy atom. The van der Waals surface area contributed by atoms with E-state index in [0.717, 1.165) is 30.3 Å². The summed E-state index contributed by atoms with van der Waals surface area (Å²) in [7, 11) is 0. The molecule has 0 aliphatic heterocycles. The summed E-state index contributed by atoms with van der Waals surface area (Å²) in [4.78, 5) is 11.6. The zero-order chi connectivity index (χ0) is 13.1. The molecular weight excluding hydrogens is 236 g/mol. The van der Waals surface area contributed by atoms with Crippen molar-refractivity contribution < 1.29 is 4.79 Å². The van der Waals surface area contributed by atoms with Gasteiger partial charge in [0.25, 0.3) is 0 Å². The van der Waals surface area contributed by atoms with E-state index in [1.54, 1.807) is 19.1 Å². The molecule has 2 rings (SSSR count). The number of aromatic nitrogens is 1. The van der Waals surface area contributed by atoms with Crippen LogP contribution in [-0.2, 0) is 6.54 Å². The predicted octanol–water partition coefficient (Wildman–Crippen LogP) is 4.15. The summed E-state index contributed by atoms with van der Waals surface area (Å²) >= 11 is 0. The predicted molar refractivity (Wildman–Crippen MR) is 78.3 cm³/mol. The van der Waals surface area contributed by atoms with E-state index >= 15 is 0 Å². The Balaban J connectivity index is 0.00000180. The van der Waals surface area contributed by atoms with Crippen molar-refractivity contribution in [2.24, 2.45) is 0 Å². The van der Waals surface area contributed by atoms with Gasteiger partial charge in [-0.25, -0.2) is 0 Å². The summed E-state index contributed by atoms with van der Waals surface area (Å²) in [5, 5.41) is 9.82. The number of carbonyl (C=O) groups excluding carboxylic acids is 1. The van der Waals surface area contributed by atoms with Crippen molar-refractivity contribution in [2.75, 3.05) is 0 Å².